The van der Waals surface area contributed by atoms with Crippen LogP contribution in [0, 0.1) is 17.7 Å². The highest BCUT2D eigenvalue weighted by Gasteiger charge is 2.06. The van der Waals surface area contributed by atoms with Crippen molar-refractivity contribution in [3.63, 3.8) is 0 Å². The minimum Gasteiger partial charge on any atom is -0.451 e. The maximum atomic E-state index is 13.1. The van der Waals surface area contributed by atoms with Gasteiger partial charge in [0.1, 0.15) is 0 Å². The van der Waals surface area contributed by atoms with Gasteiger partial charge >= 0.3 is 0 Å². The van der Waals surface area contributed by atoms with Crippen LogP contribution in [-0.4, -0.2) is 0 Å². The molecule has 0 unspecified atom stereocenters. The van der Waals surface area contributed by atoms with Crippen molar-refractivity contribution in [3.8, 4) is 11.5 Å². The first-order valence-corrected chi connectivity index (χ1v) is 4.36. The van der Waals surface area contributed by atoms with E-state index < -0.39 is 11.6 Å². The zero-order valence-corrected chi connectivity index (χ0v) is 7.71. The number of hydrogen-bond donors (Lipinski definition) is 0. The minimum atomic E-state index is -0.569. The Morgan fingerprint density at radius 2 is 1.67 bits per heavy atom. The summed E-state index contributed by atoms with van der Waals surface area (Å²) in [5.74, 6) is -1.23. The monoisotopic (exact) mass is 205 g/mol. The smallest absolute Gasteiger partial charge is 0.171 e. The number of ether oxygens (including phenoxy) is 1. The number of halogens is 2. The van der Waals surface area contributed by atoms with Crippen molar-refractivity contribution >= 4 is 0 Å². The van der Waals surface area contributed by atoms with E-state index in [0.29, 0.717) is 0 Å². The molecule has 1 radical (unpaired) electrons. The first kappa shape index (κ1) is 9.65. The summed E-state index contributed by atoms with van der Waals surface area (Å²) in [6, 6.07) is 12.6. The first-order valence-electron chi connectivity index (χ1n) is 4.36. The number of rotatable bonds is 2. The molecule has 0 bridgehead atoms. The fourth-order valence-electron chi connectivity index (χ4n) is 1.12. The Balaban J connectivity index is 2.30. The van der Waals surface area contributed by atoms with Gasteiger partial charge in [-0.1, -0.05) is 24.3 Å². The van der Waals surface area contributed by atoms with Gasteiger partial charge in [-0.25, -0.2) is 8.78 Å². The normalized spacial score (nSPS) is 10.0. The molecule has 2 rings (SSSR count). The molecular formula is C12H7F2O. The van der Waals surface area contributed by atoms with E-state index in [-0.39, 0.29) is 11.5 Å². The second-order valence-electron chi connectivity index (χ2n) is 2.88. The molecule has 0 fully saturated rings. The van der Waals surface area contributed by atoms with Gasteiger partial charge in [-0.2, -0.15) is 0 Å². The van der Waals surface area contributed by atoms with E-state index in [4.69, 9.17) is 4.74 Å². The first-order chi connectivity index (χ1) is 7.27. The van der Waals surface area contributed by atoms with Gasteiger partial charge in [-0.15, -0.1) is 0 Å². The Kier molecular flexibility index (Phi) is 2.63. The summed E-state index contributed by atoms with van der Waals surface area (Å²) < 4.78 is 31.3. The standard InChI is InChI=1S/C12H7F2O/c13-9-5-1-3-7-11(9)15-12-8-4-2-6-10(12)14/h1-7H. The van der Waals surface area contributed by atoms with Crippen molar-refractivity contribution in [3.05, 3.63) is 60.2 Å². The lowest BCUT2D eigenvalue weighted by Gasteiger charge is -2.06. The zero-order chi connectivity index (χ0) is 10.7. The second-order valence-corrected chi connectivity index (χ2v) is 2.88. The molecule has 0 aliphatic carbocycles. The zero-order valence-electron chi connectivity index (χ0n) is 7.71. The Morgan fingerprint density at radius 3 is 2.40 bits per heavy atom. The third-order valence-corrected chi connectivity index (χ3v) is 1.82. The molecule has 0 N–H and O–H groups in total. The SMILES string of the molecule is Fc1ccc[c]c1Oc1ccccc1F. The lowest BCUT2D eigenvalue weighted by molar-refractivity contribution is 0.414. The van der Waals surface area contributed by atoms with Crippen LogP contribution in [0.2, 0.25) is 0 Å². The van der Waals surface area contributed by atoms with Crippen LogP contribution in [0.1, 0.15) is 0 Å². The molecule has 2 aromatic carbocycles. The van der Waals surface area contributed by atoms with Crippen LogP contribution >= 0.6 is 0 Å². The summed E-state index contributed by atoms with van der Waals surface area (Å²) in [7, 11) is 0. The van der Waals surface area contributed by atoms with E-state index >= 15 is 0 Å². The van der Waals surface area contributed by atoms with Gasteiger partial charge in [0.15, 0.2) is 23.1 Å². The summed E-state index contributed by atoms with van der Waals surface area (Å²) in [5, 5.41) is 0. The lowest BCUT2D eigenvalue weighted by Crippen LogP contribution is -1.90. The Labute approximate surface area is 85.9 Å². The van der Waals surface area contributed by atoms with Gasteiger partial charge in [0, 0.05) is 6.07 Å². The van der Waals surface area contributed by atoms with Gasteiger partial charge in [0.2, 0.25) is 0 Å². The number of hydrogen-bond acceptors (Lipinski definition) is 1. The van der Waals surface area contributed by atoms with Gasteiger partial charge in [-0.05, 0) is 18.2 Å². The molecule has 0 aromatic heterocycles. The quantitative estimate of drug-likeness (QED) is 0.728. The molecular weight excluding hydrogens is 198 g/mol. The Hall–Kier alpha value is -1.90. The lowest BCUT2D eigenvalue weighted by atomic mass is 10.3. The summed E-state index contributed by atoms with van der Waals surface area (Å²) in [6.07, 6.45) is 0. The van der Waals surface area contributed by atoms with Gasteiger partial charge < -0.3 is 4.74 Å². The summed E-state index contributed by atoms with van der Waals surface area (Å²) in [4.78, 5) is 0. The van der Waals surface area contributed by atoms with Crippen LogP contribution in [0.15, 0.2) is 42.5 Å². The van der Waals surface area contributed by atoms with E-state index in [2.05, 4.69) is 6.07 Å². The van der Waals surface area contributed by atoms with Crippen LogP contribution in [0.5, 0.6) is 11.5 Å². The maximum Gasteiger partial charge on any atom is 0.171 e. The molecule has 0 saturated carbocycles. The summed E-state index contributed by atoms with van der Waals surface area (Å²) in [6.45, 7) is 0. The third-order valence-electron chi connectivity index (χ3n) is 1.82. The maximum absolute atomic E-state index is 13.1. The molecule has 0 atom stereocenters. The molecule has 0 aliphatic heterocycles. The van der Waals surface area contributed by atoms with E-state index in [1.807, 2.05) is 0 Å². The fraction of sp³-hybridized carbons (Fsp3) is 0. The predicted octanol–water partition coefficient (Wildman–Crippen LogP) is 3.56. The molecule has 0 saturated heterocycles. The van der Waals surface area contributed by atoms with Crippen molar-refractivity contribution in [1.29, 1.82) is 0 Å². The minimum absolute atomic E-state index is 0.0150. The van der Waals surface area contributed by atoms with Gasteiger partial charge in [0.05, 0.1) is 0 Å². The average molecular weight is 205 g/mol. The molecule has 15 heavy (non-hydrogen) atoms. The van der Waals surface area contributed by atoms with E-state index in [1.54, 1.807) is 6.07 Å². The van der Waals surface area contributed by atoms with E-state index in [1.165, 1.54) is 36.4 Å². The average Bonchev–Trinajstić information content (AvgIpc) is 2.24. The van der Waals surface area contributed by atoms with Crippen molar-refractivity contribution < 1.29 is 13.5 Å². The summed E-state index contributed by atoms with van der Waals surface area (Å²) >= 11 is 0. The Morgan fingerprint density at radius 1 is 0.933 bits per heavy atom. The summed E-state index contributed by atoms with van der Waals surface area (Å²) in [5.41, 5.74) is 0. The van der Waals surface area contributed by atoms with Crippen molar-refractivity contribution in [1.82, 2.24) is 0 Å². The fourth-order valence-corrected chi connectivity index (χ4v) is 1.12. The van der Waals surface area contributed by atoms with Crippen LogP contribution in [-0.2, 0) is 0 Å². The van der Waals surface area contributed by atoms with Gasteiger partial charge in [-0.3, -0.25) is 0 Å². The molecule has 0 amide bonds. The molecule has 0 aliphatic rings. The molecule has 75 valence electrons. The highest BCUT2D eigenvalue weighted by Crippen LogP contribution is 2.25. The van der Waals surface area contributed by atoms with Crippen LogP contribution in [0.3, 0.4) is 0 Å². The van der Waals surface area contributed by atoms with Gasteiger partial charge in [0.25, 0.3) is 0 Å². The number of para-hydroxylation sites is 2. The predicted molar refractivity (Wildman–Crippen MR) is 51.7 cm³/mol. The highest BCUT2D eigenvalue weighted by atomic mass is 19.1. The molecule has 2 aromatic rings. The third kappa shape index (κ3) is 2.13. The second kappa shape index (κ2) is 4.09. The van der Waals surface area contributed by atoms with Crippen molar-refractivity contribution in [2.24, 2.45) is 0 Å². The van der Waals surface area contributed by atoms with Crippen LogP contribution < -0.4 is 4.74 Å². The van der Waals surface area contributed by atoms with Crippen molar-refractivity contribution in [2.75, 3.05) is 0 Å². The Bertz CT molecular complexity index is 425. The van der Waals surface area contributed by atoms with Crippen molar-refractivity contribution in [2.45, 2.75) is 0 Å². The molecule has 0 spiro atoms. The largest absolute Gasteiger partial charge is 0.451 e. The van der Waals surface area contributed by atoms with E-state index in [9.17, 15) is 8.78 Å². The van der Waals surface area contributed by atoms with Crippen LogP contribution in [0.25, 0.3) is 0 Å². The molecule has 1 nitrogen and oxygen atoms in total. The number of benzene rings is 2. The molecule has 3 heteroatoms. The van der Waals surface area contributed by atoms with Crippen LogP contribution in [0.4, 0.5) is 8.78 Å². The topological polar surface area (TPSA) is 9.23 Å². The van der Waals surface area contributed by atoms with E-state index in [0.717, 1.165) is 0 Å². The molecule has 0 heterocycles. The highest BCUT2D eigenvalue weighted by molar-refractivity contribution is 5.31.